The molecule has 0 amide bonds. The Morgan fingerprint density at radius 3 is 1.87 bits per heavy atom. The minimum absolute atomic E-state index is 0.582. The molecule has 0 nitrogen and oxygen atoms in total. The van der Waals surface area contributed by atoms with Crippen molar-refractivity contribution in [2.24, 2.45) is 0 Å². The van der Waals surface area contributed by atoms with Crippen molar-refractivity contribution in [3.63, 3.8) is 0 Å². The quantitative estimate of drug-likeness (QED) is 0.554. The monoisotopic (exact) mass is 227 g/mol. The molecule has 0 fully saturated rings. The summed E-state index contributed by atoms with van der Waals surface area (Å²) in [6, 6.07) is 0. The highest BCUT2D eigenvalue weighted by Gasteiger charge is 2.46. The molecule has 6 heteroatoms. The van der Waals surface area contributed by atoms with Crippen LogP contribution in [0.25, 0.3) is 0 Å². The molecule has 0 spiro atoms. The Kier molecular flexibility index (Phi) is 2.89. The van der Waals surface area contributed by atoms with Gasteiger partial charge in [0.1, 0.15) is 0 Å². The van der Waals surface area contributed by atoms with Gasteiger partial charge in [0.25, 0.3) is 0 Å². The van der Waals surface area contributed by atoms with E-state index in [1.54, 1.807) is 0 Å². The molecule has 0 atom stereocenters. The van der Waals surface area contributed by atoms with Gasteiger partial charge in [0.15, 0.2) is 0 Å². The second-order valence-electron chi connectivity index (χ2n) is 2.95. The summed E-state index contributed by atoms with van der Waals surface area (Å²) in [5, 5.41) is 0. The van der Waals surface area contributed by atoms with Gasteiger partial charge in [0.2, 0.25) is 0 Å². The number of halogens is 6. The lowest BCUT2D eigenvalue weighted by atomic mass is 9.91. The molecule has 83 valence electrons. The number of hydrogen-bond acceptors (Lipinski definition) is 0. The SMILES string of the molecule is CC1=[C][C]CC(C(F)(F)F)=C1C(F)(F)F. The topological polar surface area (TPSA) is 0 Å². The molecular formula is C9H5F6. The molecule has 0 heterocycles. The Morgan fingerprint density at radius 2 is 1.53 bits per heavy atom. The van der Waals surface area contributed by atoms with Crippen LogP contribution in [-0.4, -0.2) is 12.4 Å². The third kappa shape index (κ3) is 2.54. The Bertz CT molecular complexity index is 314. The lowest BCUT2D eigenvalue weighted by Gasteiger charge is -2.22. The summed E-state index contributed by atoms with van der Waals surface area (Å²) < 4.78 is 73.7. The van der Waals surface area contributed by atoms with Gasteiger partial charge in [0, 0.05) is 12.0 Å². The first-order valence-corrected chi connectivity index (χ1v) is 3.84. The van der Waals surface area contributed by atoms with Crippen molar-refractivity contribution in [3.05, 3.63) is 29.2 Å². The Labute approximate surface area is 82.3 Å². The molecule has 0 saturated heterocycles. The van der Waals surface area contributed by atoms with Crippen LogP contribution in [-0.2, 0) is 0 Å². The second-order valence-corrected chi connectivity index (χ2v) is 2.95. The highest BCUT2D eigenvalue weighted by atomic mass is 19.4. The molecule has 0 aromatic rings. The van der Waals surface area contributed by atoms with Gasteiger partial charge < -0.3 is 0 Å². The molecule has 1 rings (SSSR count). The number of rotatable bonds is 0. The summed E-state index contributed by atoms with van der Waals surface area (Å²) in [4.78, 5) is 0. The van der Waals surface area contributed by atoms with Crippen molar-refractivity contribution in [3.8, 4) is 0 Å². The number of allylic oxidation sites excluding steroid dienone is 4. The van der Waals surface area contributed by atoms with Crippen LogP contribution in [0.2, 0.25) is 0 Å². The number of hydrogen-bond donors (Lipinski definition) is 0. The first-order valence-electron chi connectivity index (χ1n) is 3.84. The first kappa shape index (κ1) is 12.1. The summed E-state index contributed by atoms with van der Waals surface area (Å²) in [5.41, 5.74) is -3.83. The third-order valence-electron chi connectivity index (χ3n) is 1.84. The van der Waals surface area contributed by atoms with Gasteiger partial charge in [-0.2, -0.15) is 26.3 Å². The van der Waals surface area contributed by atoms with Crippen LogP contribution in [0.15, 0.2) is 16.7 Å². The van der Waals surface area contributed by atoms with Crippen molar-refractivity contribution in [2.45, 2.75) is 25.7 Å². The molecule has 0 aromatic heterocycles. The van der Waals surface area contributed by atoms with Crippen molar-refractivity contribution < 1.29 is 26.3 Å². The van der Waals surface area contributed by atoms with Crippen LogP contribution in [0, 0.1) is 12.5 Å². The predicted molar refractivity (Wildman–Crippen MR) is 39.4 cm³/mol. The minimum Gasteiger partial charge on any atom is -0.166 e. The van der Waals surface area contributed by atoms with Crippen molar-refractivity contribution >= 4 is 0 Å². The summed E-state index contributed by atoms with van der Waals surface area (Å²) in [6.07, 6.45) is -6.84. The zero-order chi connectivity index (χ0) is 11.9. The van der Waals surface area contributed by atoms with Gasteiger partial charge in [-0.05, 0) is 25.0 Å². The number of alkyl halides is 6. The fraction of sp³-hybridized carbons (Fsp3) is 0.444. The van der Waals surface area contributed by atoms with E-state index in [1.807, 2.05) is 12.5 Å². The van der Waals surface area contributed by atoms with Crippen LogP contribution in [0.4, 0.5) is 26.3 Å². The van der Waals surface area contributed by atoms with E-state index in [1.165, 1.54) is 0 Å². The van der Waals surface area contributed by atoms with E-state index in [2.05, 4.69) is 0 Å². The fourth-order valence-corrected chi connectivity index (χ4v) is 1.27. The van der Waals surface area contributed by atoms with E-state index in [4.69, 9.17) is 0 Å². The average Bonchev–Trinajstić information content (AvgIpc) is 1.99. The second kappa shape index (κ2) is 3.57. The van der Waals surface area contributed by atoms with Crippen LogP contribution in [0.1, 0.15) is 13.3 Å². The van der Waals surface area contributed by atoms with E-state index < -0.39 is 35.5 Å². The summed E-state index contributed by atoms with van der Waals surface area (Å²) in [5.74, 6) is 0. The Balaban J connectivity index is 3.32. The molecule has 0 unspecified atom stereocenters. The molecule has 0 saturated carbocycles. The molecule has 0 bridgehead atoms. The summed E-state index contributed by atoms with van der Waals surface area (Å²) in [7, 11) is 0. The molecule has 0 aliphatic heterocycles. The highest BCUT2D eigenvalue weighted by molar-refractivity contribution is 5.43. The van der Waals surface area contributed by atoms with E-state index in [0.29, 0.717) is 0 Å². The molecule has 15 heavy (non-hydrogen) atoms. The molecular weight excluding hydrogens is 222 g/mol. The lowest BCUT2D eigenvalue weighted by molar-refractivity contribution is -0.115. The van der Waals surface area contributed by atoms with Crippen LogP contribution < -0.4 is 0 Å². The standard InChI is InChI=1S/C9H5F6/c1-5-3-2-4-6(8(10,11)12)7(5)9(13,14)15/h4H2,1H3. The van der Waals surface area contributed by atoms with E-state index in [9.17, 15) is 26.3 Å². The summed E-state index contributed by atoms with van der Waals surface area (Å²) >= 11 is 0. The molecule has 0 aromatic carbocycles. The average molecular weight is 227 g/mol. The first-order chi connectivity index (χ1) is 6.64. The van der Waals surface area contributed by atoms with E-state index >= 15 is 0 Å². The van der Waals surface area contributed by atoms with E-state index in [0.717, 1.165) is 6.92 Å². The normalized spacial score (nSPS) is 19.3. The maximum Gasteiger partial charge on any atom is 0.416 e. The molecule has 3 radical (unpaired) electrons. The van der Waals surface area contributed by atoms with E-state index in [-0.39, 0.29) is 0 Å². The maximum atomic E-state index is 12.3. The van der Waals surface area contributed by atoms with Crippen LogP contribution >= 0.6 is 0 Å². The predicted octanol–water partition coefficient (Wildman–Crippen LogP) is 3.64. The van der Waals surface area contributed by atoms with Gasteiger partial charge >= 0.3 is 12.4 Å². The Hall–Kier alpha value is -0.940. The van der Waals surface area contributed by atoms with Crippen molar-refractivity contribution in [1.29, 1.82) is 0 Å². The minimum atomic E-state index is -5.01. The van der Waals surface area contributed by atoms with Gasteiger partial charge in [-0.25, -0.2) is 0 Å². The van der Waals surface area contributed by atoms with Gasteiger partial charge in [-0.1, -0.05) is 0 Å². The smallest absolute Gasteiger partial charge is 0.166 e. The molecule has 1 aliphatic rings. The molecule has 1 aliphatic carbocycles. The Morgan fingerprint density at radius 1 is 1.00 bits per heavy atom. The highest BCUT2D eigenvalue weighted by Crippen LogP contribution is 2.43. The van der Waals surface area contributed by atoms with Crippen LogP contribution in [0.3, 0.4) is 0 Å². The summed E-state index contributed by atoms with van der Waals surface area (Å²) in [6.45, 7) is 0.931. The lowest BCUT2D eigenvalue weighted by Crippen LogP contribution is -2.25. The van der Waals surface area contributed by atoms with Gasteiger partial charge in [-0.15, -0.1) is 0 Å². The van der Waals surface area contributed by atoms with Gasteiger partial charge in [0.05, 0.1) is 5.57 Å². The molecule has 0 N–H and O–H groups in total. The largest absolute Gasteiger partial charge is 0.416 e. The van der Waals surface area contributed by atoms with Crippen molar-refractivity contribution in [1.82, 2.24) is 0 Å². The maximum absolute atomic E-state index is 12.3. The fourth-order valence-electron chi connectivity index (χ4n) is 1.27. The third-order valence-corrected chi connectivity index (χ3v) is 1.84. The van der Waals surface area contributed by atoms with Crippen LogP contribution in [0.5, 0.6) is 0 Å². The van der Waals surface area contributed by atoms with Crippen molar-refractivity contribution in [2.75, 3.05) is 0 Å². The zero-order valence-electron chi connectivity index (χ0n) is 7.47. The van der Waals surface area contributed by atoms with Gasteiger partial charge in [-0.3, -0.25) is 0 Å². The zero-order valence-corrected chi connectivity index (χ0v) is 7.47.